The molecule has 1 amide bonds. The Kier molecular flexibility index (Phi) is 4.70. The molecule has 0 saturated carbocycles. The summed E-state index contributed by atoms with van der Waals surface area (Å²) >= 11 is 0. The second kappa shape index (κ2) is 6.04. The minimum absolute atomic E-state index is 0.0926. The van der Waals surface area contributed by atoms with Crippen molar-refractivity contribution < 1.29 is 14.5 Å². The van der Waals surface area contributed by atoms with E-state index >= 15 is 0 Å². The van der Waals surface area contributed by atoms with E-state index in [0.717, 1.165) is 0 Å². The van der Waals surface area contributed by atoms with Crippen LogP contribution in [0.5, 0.6) is 0 Å². The van der Waals surface area contributed by atoms with Gasteiger partial charge in [-0.3, -0.25) is 4.79 Å². The molecule has 7 nitrogen and oxygen atoms in total. The van der Waals surface area contributed by atoms with Crippen molar-refractivity contribution in [2.75, 3.05) is 13.1 Å². The molecular weight excluding hydrogens is 236 g/mol. The maximum Gasteiger partial charge on any atom is 0.292 e. The van der Waals surface area contributed by atoms with Crippen molar-refractivity contribution in [3.05, 3.63) is 17.5 Å². The van der Waals surface area contributed by atoms with Crippen LogP contribution in [0.25, 0.3) is 0 Å². The molecule has 0 fully saturated rings. The van der Waals surface area contributed by atoms with Gasteiger partial charge in [0.05, 0.1) is 5.69 Å². The topological polar surface area (TPSA) is 105 Å². The summed E-state index contributed by atoms with van der Waals surface area (Å²) in [7, 11) is 0. The number of carbonyl (C=O) groups is 1. The SMILES string of the molecule is CCN(CC(C)C(N)=NO)C(=O)c1cc(C)no1. The molecule has 1 aromatic heterocycles. The third-order valence-corrected chi connectivity index (χ3v) is 2.62. The molecule has 0 aliphatic heterocycles. The van der Waals surface area contributed by atoms with Crippen molar-refractivity contribution in [3.63, 3.8) is 0 Å². The third-order valence-electron chi connectivity index (χ3n) is 2.62. The molecule has 1 heterocycles. The van der Waals surface area contributed by atoms with E-state index in [1.165, 1.54) is 0 Å². The molecule has 100 valence electrons. The molecule has 3 N–H and O–H groups in total. The quantitative estimate of drug-likeness (QED) is 0.350. The fraction of sp³-hybridized carbons (Fsp3) is 0.545. The molecular formula is C11H18N4O3. The molecule has 1 atom stereocenters. The van der Waals surface area contributed by atoms with Crippen LogP contribution in [0.2, 0.25) is 0 Å². The van der Waals surface area contributed by atoms with Crippen LogP contribution in [0.1, 0.15) is 30.1 Å². The summed E-state index contributed by atoms with van der Waals surface area (Å²) in [6, 6.07) is 1.58. The van der Waals surface area contributed by atoms with Gasteiger partial charge in [-0.2, -0.15) is 0 Å². The van der Waals surface area contributed by atoms with Crippen LogP contribution >= 0.6 is 0 Å². The molecule has 0 aromatic carbocycles. The lowest BCUT2D eigenvalue weighted by Crippen LogP contribution is -2.38. The molecule has 0 saturated heterocycles. The Morgan fingerprint density at radius 3 is 2.83 bits per heavy atom. The molecule has 1 rings (SSSR count). The number of hydrogen-bond acceptors (Lipinski definition) is 5. The summed E-state index contributed by atoms with van der Waals surface area (Å²) in [5, 5.41) is 15.2. The molecule has 0 spiro atoms. The van der Waals surface area contributed by atoms with Crippen molar-refractivity contribution in [1.82, 2.24) is 10.1 Å². The van der Waals surface area contributed by atoms with Gasteiger partial charge in [0.2, 0.25) is 5.76 Å². The maximum atomic E-state index is 12.1. The second-order valence-corrected chi connectivity index (χ2v) is 4.10. The largest absolute Gasteiger partial charge is 0.409 e. The number of nitrogens with two attached hydrogens (primary N) is 1. The van der Waals surface area contributed by atoms with Crippen molar-refractivity contribution in [2.24, 2.45) is 16.8 Å². The third kappa shape index (κ3) is 3.22. The number of aromatic nitrogens is 1. The van der Waals surface area contributed by atoms with E-state index in [2.05, 4.69) is 10.3 Å². The van der Waals surface area contributed by atoms with Crippen LogP contribution in [-0.4, -0.2) is 40.1 Å². The van der Waals surface area contributed by atoms with Gasteiger partial charge in [-0.1, -0.05) is 17.2 Å². The van der Waals surface area contributed by atoms with Crippen molar-refractivity contribution in [3.8, 4) is 0 Å². The fourth-order valence-corrected chi connectivity index (χ4v) is 1.50. The van der Waals surface area contributed by atoms with Gasteiger partial charge in [-0.15, -0.1) is 0 Å². The van der Waals surface area contributed by atoms with Crippen molar-refractivity contribution >= 4 is 11.7 Å². The van der Waals surface area contributed by atoms with Crippen molar-refractivity contribution in [1.29, 1.82) is 0 Å². The van der Waals surface area contributed by atoms with Crippen LogP contribution in [0, 0.1) is 12.8 Å². The number of amidine groups is 1. The van der Waals surface area contributed by atoms with Crippen LogP contribution < -0.4 is 5.73 Å². The first-order valence-corrected chi connectivity index (χ1v) is 5.69. The van der Waals surface area contributed by atoms with E-state index in [1.807, 2.05) is 6.92 Å². The van der Waals surface area contributed by atoms with Gasteiger partial charge >= 0.3 is 0 Å². The Morgan fingerprint density at radius 1 is 1.72 bits per heavy atom. The summed E-state index contributed by atoms with van der Waals surface area (Å²) in [5.74, 6) is -0.199. The minimum atomic E-state index is -0.254. The molecule has 0 aliphatic carbocycles. The Bertz CT molecular complexity index is 441. The summed E-state index contributed by atoms with van der Waals surface area (Å²) in [5.41, 5.74) is 6.14. The number of aryl methyl sites for hydroxylation is 1. The first kappa shape index (κ1) is 14.0. The van der Waals surface area contributed by atoms with Gasteiger partial charge in [0.25, 0.3) is 5.91 Å². The van der Waals surface area contributed by atoms with Gasteiger partial charge in [0.1, 0.15) is 5.84 Å². The Balaban J connectivity index is 2.75. The summed E-state index contributed by atoms with van der Waals surface area (Å²) in [6.07, 6.45) is 0. The Labute approximate surface area is 105 Å². The Morgan fingerprint density at radius 2 is 2.39 bits per heavy atom. The van der Waals surface area contributed by atoms with E-state index in [-0.39, 0.29) is 23.4 Å². The minimum Gasteiger partial charge on any atom is -0.409 e. The van der Waals surface area contributed by atoms with Gasteiger partial charge < -0.3 is 20.4 Å². The summed E-state index contributed by atoms with van der Waals surface area (Å²) < 4.78 is 4.93. The van der Waals surface area contributed by atoms with E-state index in [0.29, 0.717) is 18.8 Å². The molecule has 0 aliphatic rings. The number of oxime groups is 1. The number of nitrogens with zero attached hydrogens (tertiary/aromatic N) is 3. The Hall–Kier alpha value is -2.05. The second-order valence-electron chi connectivity index (χ2n) is 4.10. The number of hydrogen-bond donors (Lipinski definition) is 2. The zero-order valence-electron chi connectivity index (χ0n) is 10.8. The maximum absolute atomic E-state index is 12.1. The van der Waals surface area contributed by atoms with Crippen molar-refractivity contribution in [2.45, 2.75) is 20.8 Å². The van der Waals surface area contributed by atoms with Gasteiger partial charge in [0, 0.05) is 25.1 Å². The smallest absolute Gasteiger partial charge is 0.292 e. The standard InChI is InChI=1S/C11H18N4O3/c1-4-15(6-7(2)10(12)13-17)11(16)9-5-8(3)14-18-9/h5,7,17H,4,6H2,1-3H3,(H2,12,13). The summed E-state index contributed by atoms with van der Waals surface area (Å²) in [6.45, 7) is 6.22. The molecule has 7 heteroatoms. The number of carbonyl (C=O) groups excluding carboxylic acids is 1. The highest BCUT2D eigenvalue weighted by Crippen LogP contribution is 2.09. The van der Waals surface area contributed by atoms with Gasteiger partial charge in [0.15, 0.2) is 0 Å². The molecule has 0 radical (unpaired) electrons. The monoisotopic (exact) mass is 254 g/mol. The molecule has 1 aromatic rings. The molecule has 1 unspecified atom stereocenters. The van der Waals surface area contributed by atoms with Gasteiger partial charge in [-0.25, -0.2) is 0 Å². The molecule has 0 bridgehead atoms. The highest BCUT2D eigenvalue weighted by Gasteiger charge is 2.21. The van der Waals surface area contributed by atoms with Crippen LogP contribution in [0.3, 0.4) is 0 Å². The van der Waals surface area contributed by atoms with Gasteiger partial charge in [-0.05, 0) is 13.8 Å². The van der Waals surface area contributed by atoms with E-state index < -0.39 is 0 Å². The molecule has 18 heavy (non-hydrogen) atoms. The lowest BCUT2D eigenvalue weighted by Gasteiger charge is -2.22. The predicted octanol–water partition coefficient (Wildman–Crippen LogP) is 0.828. The zero-order valence-corrected chi connectivity index (χ0v) is 10.8. The average Bonchev–Trinajstić information content (AvgIpc) is 2.80. The van der Waals surface area contributed by atoms with E-state index in [1.54, 1.807) is 24.8 Å². The van der Waals surface area contributed by atoms with Crippen LogP contribution in [0.4, 0.5) is 0 Å². The number of amides is 1. The first-order valence-electron chi connectivity index (χ1n) is 5.69. The number of rotatable bonds is 5. The summed E-state index contributed by atoms with van der Waals surface area (Å²) in [4.78, 5) is 13.6. The zero-order chi connectivity index (χ0) is 13.7. The van der Waals surface area contributed by atoms with E-state index in [4.69, 9.17) is 15.5 Å². The average molecular weight is 254 g/mol. The lowest BCUT2D eigenvalue weighted by molar-refractivity contribution is 0.0712. The normalized spacial score (nSPS) is 13.4. The fourth-order valence-electron chi connectivity index (χ4n) is 1.50. The lowest BCUT2D eigenvalue weighted by atomic mass is 10.1. The van der Waals surface area contributed by atoms with Crippen LogP contribution in [-0.2, 0) is 0 Å². The highest BCUT2D eigenvalue weighted by atomic mass is 16.5. The highest BCUT2D eigenvalue weighted by molar-refractivity contribution is 5.92. The predicted molar refractivity (Wildman–Crippen MR) is 65.4 cm³/mol. The van der Waals surface area contributed by atoms with Crippen LogP contribution in [0.15, 0.2) is 15.7 Å². The first-order chi connectivity index (χ1) is 8.49. The van der Waals surface area contributed by atoms with E-state index in [9.17, 15) is 4.79 Å².